The maximum absolute atomic E-state index is 10.5. The highest BCUT2D eigenvalue weighted by molar-refractivity contribution is 9.10. The van der Waals surface area contributed by atoms with E-state index in [1.165, 1.54) is 11.8 Å². The fourth-order valence-corrected chi connectivity index (χ4v) is 1.93. The smallest absolute Gasteiger partial charge is 0.258 e. The highest BCUT2D eigenvalue weighted by atomic mass is 79.9. The van der Waals surface area contributed by atoms with Crippen LogP contribution in [0.1, 0.15) is 5.69 Å². The molecule has 0 radical (unpaired) electrons. The zero-order valence-corrected chi connectivity index (χ0v) is 9.35. The first-order chi connectivity index (χ1) is 6.06. The monoisotopic (exact) mass is 263 g/mol. The van der Waals surface area contributed by atoms with Crippen molar-refractivity contribution in [2.24, 2.45) is 0 Å². The number of aryl methyl sites for hydroxylation is 1. The Hall–Kier alpha value is -0.690. The van der Waals surface area contributed by atoms with Gasteiger partial charge in [0.25, 0.3) is 0 Å². The van der Waals surface area contributed by atoms with E-state index < -0.39 is 4.92 Å². The number of thioether (sulfide) groups is 1. The van der Waals surface area contributed by atoms with Crippen LogP contribution in [0.3, 0.4) is 0 Å². The van der Waals surface area contributed by atoms with Gasteiger partial charge in [-0.05, 0) is 29.1 Å². The zero-order chi connectivity index (χ0) is 10.0. The third-order valence-corrected chi connectivity index (χ3v) is 2.46. The molecule has 13 heavy (non-hydrogen) atoms. The van der Waals surface area contributed by atoms with Crippen molar-refractivity contribution >= 4 is 33.4 Å². The summed E-state index contributed by atoms with van der Waals surface area (Å²) < 4.78 is 0.231. The maximum Gasteiger partial charge on any atom is 0.323 e. The third kappa shape index (κ3) is 2.16. The van der Waals surface area contributed by atoms with Crippen LogP contribution in [0.5, 0.6) is 0 Å². The van der Waals surface area contributed by atoms with Gasteiger partial charge in [0.1, 0.15) is 5.69 Å². The number of halogens is 1. The molecule has 0 atom stereocenters. The molecule has 0 aliphatic carbocycles. The molecular formula is C6H6BrN3O2S. The second-order valence-corrected chi connectivity index (χ2v) is 3.72. The number of hydrogen-bond acceptors (Lipinski definition) is 5. The van der Waals surface area contributed by atoms with Gasteiger partial charge in [-0.15, -0.1) is 0 Å². The lowest BCUT2D eigenvalue weighted by molar-refractivity contribution is -0.387. The maximum atomic E-state index is 10.5. The van der Waals surface area contributed by atoms with Gasteiger partial charge in [0.2, 0.25) is 0 Å². The summed E-state index contributed by atoms with van der Waals surface area (Å²) in [5, 5.41) is 11.1. The summed E-state index contributed by atoms with van der Waals surface area (Å²) in [7, 11) is 0. The van der Waals surface area contributed by atoms with Gasteiger partial charge >= 0.3 is 5.69 Å². The third-order valence-electron chi connectivity index (χ3n) is 1.36. The average Bonchev–Trinajstić information content (AvgIpc) is 2.02. The van der Waals surface area contributed by atoms with Gasteiger partial charge < -0.3 is 0 Å². The number of hydrogen-bond donors (Lipinski definition) is 0. The standard InChI is InChI=1S/C6H6BrN3O2S/c1-3-4(10(11)12)5(7)9-6(8-3)13-2/h1-2H3. The molecule has 0 spiro atoms. The van der Waals surface area contributed by atoms with E-state index in [-0.39, 0.29) is 10.3 Å². The van der Waals surface area contributed by atoms with Gasteiger partial charge in [-0.2, -0.15) is 0 Å². The highest BCUT2D eigenvalue weighted by Gasteiger charge is 2.19. The Morgan fingerprint density at radius 3 is 2.54 bits per heavy atom. The first kappa shape index (κ1) is 10.4. The Labute approximate surface area is 87.2 Å². The van der Waals surface area contributed by atoms with E-state index in [4.69, 9.17) is 0 Å². The van der Waals surface area contributed by atoms with Gasteiger partial charge in [-0.1, -0.05) is 11.8 Å². The van der Waals surface area contributed by atoms with Crippen molar-refractivity contribution in [3.63, 3.8) is 0 Å². The van der Waals surface area contributed by atoms with E-state index in [0.717, 1.165) is 0 Å². The van der Waals surface area contributed by atoms with Crippen molar-refractivity contribution < 1.29 is 4.92 Å². The largest absolute Gasteiger partial charge is 0.323 e. The molecule has 0 unspecified atom stereocenters. The molecule has 0 N–H and O–H groups in total. The predicted molar refractivity (Wildman–Crippen MR) is 52.9 cm³/mol. The summed E-state index contributed by atoms with van der Waals surface area (Å²) in [4.78, 5) is 17.9. The lowest BCUT2D eigenvalue weighted by Crippen LogP contribution is -1.99. The van der Waals surface area contributed by atoms with Crippen LogP contribution in [-0.2, 0) is 0 Å². The molecule has 1 rings (SSSR count). The van der Waals surface area contributed by atoms with E-state index in [9.17, 15) is 10.1 Å². The van der Waals surface area contributed by atoms with E-state index in [2.05, 4.69) is 25.9 Å². The molecule has 0 saturated carbocycles. The summed E-state index contributed by atoms with van der Waals surface area (Å²) in [5.74, 6) is 0. The molecule has 0 aliphatic rings. The Morgan fingerprint density at radius 2 is 2.15 bits per heavy atom. The molecule has 0 amide bonds. The molecule has 7 heteroatoms. The van der Waals surface area contributed by atoms with E-state index in [1.807, 2.05) is 6.26 Å². The fourth-order valence-electron chi connectivity index (χ4n) is 0.806. The van der Waals surface area contributed by atoms with E-state index in [0.29, 0.717) is 10.9 Å². The van der Waals surface area contributed by atoms with Crippen molar-refractivity contribution in [3.05, 3.63) is 20.4 Å². The molecule has 0 bridgehead atoms. The van der Waals surface area contributed by atoms with Gasteiger partial charge in [0.15, 0.2) is 9.76 Å². The normalized spacial score (nSPS) is 10.1. The average molecular weight is 264 g/mol. The molecule has 0 saturated heterocycles. The van der Waals surface area contributed by atoms with Gasteiger partial charge in [0.05, 0.1) is 4.92 Å². The minimum absolute atomic E-state index is 0.0715. The van der Waals surface area contributed by atoms with Gasteiger partial charge in [-0.25, -0.2) is 9.97 Å². The van der Waals surface area contributed by atoms with Crippen molar-refractivity contribution in [1.29, 1.82) is 0 Å². The minimum atomic E-state index is -0.497. The second kappa shape index (κ2) is 4.01. The van der Waals surface area contributed by atoms with Crippen molar-refractivity contribution in [3.8, 4) is 0 Å². The van der Waals surface area contributed by atoms with Crippen LogP contribution in [0.15, 0.2) is 9.76 Å². The molecule has 0 fully saturated rings. The SMILES string of the molecule is CSc1nc(C)c([N+](=O)[O-])c(Br)n1. The topological polar surface area (TPSA) is 68.9 Å². The molecule has 1 aromatic rings. The minimum Gasteiger partial charge on any atom is -0.258 e. The van der Waals surface area contributed by atoms with Crippen LogP contribution >= 0.6 is 27.7 Å². The van der Waals surface area contributed by atoms with Crippen molar-refractivity contribution in [1.82, 2.24) is 9.97 Å². The molecule has 1 aromatic heterocycles. The Balaban J connectivity index is 3.31. The number of rotatable bonds is 2. The summed E-state index contributed by atoms with van der Waals surface area (Å²) in [5.41, 5.74) is 0.300. The Morgan fingerprint density at radius 1 is 1.54 bits per heavy atom. The zero-order valence-electron chi connectivity index (χ0n) is 6.94. The number of nitrogens with zero attached hydrogens (tertiary/aromatic N) is 3. The number of aromatic nitrogens is 2. The van der Waals surface area contributed by atoms with Crippen LogP contribution < -0.4 is 0 Å². The van der Waals surface area contributed by atoms with Gasteiger partial charge in [0, 0.05) is 0 Å². The number of nitro groups is 1. The van der Waals surface area contributed by atoms with Crippen LogP contribution in [0.4, 0.5) is 5.69 Å². The van der Waals surface area contributed by atoms with Crippen LogP contribution in [0.25, 0.3) is 0 Å². The summed E-state index contributed by atoms with van der Waals surface area (Å²) in [6, 6.07) is 0. The highest BCUT2D eigenvalue weighted by Crippen LogP contribution is 2.27. The lowest BCUT2D eigenvalue weighted by atomic mass is 10.4. The summed E-state index contributed by atoms with van der Waals surface area (Å²) in [6.45, 7) is 1.59. The van der Waals surface area contributed by atoms with Crippen LogP contribution in [0.2, 0.25) is 0 Å². The summed E-state index contributed by atoms with van der Waals surface area (Å²) >= 11 is 4.38. The summed E-state index contributed by atoms with van der Waals surface area (Å²) in [6.07, 6.45) is 1.81. The molecule has 70 valence electrons. The molecule has 1 heterocycles. The van der Waals surface area contributed by atoms with Crippen LogP contribution in [-0.4, -0.2) is 21.1 Å². The molecule has 0 aliphatic heterocycles. The van der Waals surface area contributed by atoms with Crippen molar-refractivity contribution in [2.75, 3.05) is 6.26 Å². The lowest BCUT2D eigenvalue weighted by Gasteiger charge is -2.00. The molecule has 5 nitrogen and oxygen atoms in total. The first-order valence-electron chi connectivity index (χ1n) is 3.28. The quantitative estimate of drug-likeness (QED) is 0.269. The second-order valence-electron chi connectivity index (χ2n) is 2.19. The van der Waals surface area contributed by atoms with E-state index in [1.54, 1.807) is 6.92 Å². The van der Waals surface area contributed by atoms with E-state index >= 15 is 0 Å². The fraction of sp³-hybridized carbons (Fsp3) is 0.333. The van der Waals surface area contributed by atoms with Crippen LogP contribution in [0, 0.1) is 17.0 Å². The Kier molecular flexibility index (Phi) is 3.21. The molecular weight excluding hydrogens is 258 g/mol. The first-order valence-corrected chi connectivity index (χ1v) is 5.30. The van der Waals surface area contributed by atoms with Crippen molar-refractivity contribution in [2.45, 2.75) is 12.1 Å². The molecule has 0 aromatic carbocycles. The predicted octanol–water partition coefficient (Wildman–Crippen LogP) is 2.18. The van der Waals surface area contributed by atoms with Gasteiger partial charge in [-0.3, -0.25) is 10.1 Å². The Bertz CT molecular complexity index is 335.